The summed E-state index contributed by atoms with van der Waals surface area (Å²) in [5.74, 6) is 0.662. The van der Waals surface area contributed by atoms with Crippen molar-refractivity contribution >= 4 is 11.6 Å². The van der Waals surface area contributed by atoms with Gasteiger partial charge in [-0.1, -0.05) is 18.2 Å². The number of ether oxygens (including phenoxy) is 1. The molecule has 1 saturated heterocycles. The molecule has 128 valence electrons. The van der Waals surface area contributed by atoms with Crippen LogP contribution in [0.3, 0.4) is 0 Å². The van der Waals surface area contributed by atoms with Gasteiger partial charge in [0.2, 0.25) is 0 Å². The lowest BCUT2D eigenvalue weighted by atomic mass is 10.0. The molecule has 1 fully saturated rings. The molecule has 0 bridgehead atoms. The molecule has 0 radical (unpaired) electrons. The van der Waals surface area contributed by atoms with E-state index in [1.165, 1.54) is 0 Å². The van der Waals surface area contributed by atoms with Crippen LogP contribution in [0.4, 0.5) is 0 Å². The molecule has 7 heteroatoms. The third kappa shape index (κ3) is 2.72. The van der Waals surface area contributed by atoms with E-state index in [1.54, 1.807) is 30.1 Å². The number of aromatic nitrogens is 3. The predicted octanol–water partition coefficient (Wildman–Crippen LogP) is 1.52. The summed E-state index contributed by atoms with van der Waals surface area (Å²) in [6, 6.07) is 7.69. The van der Waals surface area contributed by atoms with Gasteiger partial charge in [-0.3, -0.25) is 4.79 Å². The van der Waals surface area contributed by atoms with Crippen LogP contribution in [0, 0.1) is 0 Å². The Morgan fingerprint density at radius 2 is 2.04 bits per heavy atom. The Morgan fingerprint density at radius 3 is 2.88 bits per heavy atom. The highest BCUT2D eigenvalue weighted by Crippen LogP contribution is 2.31. The van der Waals surface area contributed by atoms with Gasteiger partial charge in [-0.15, -0.1) is 0 Å². The van der Waals surface area contributed by atoms with Crippen LogP contribution in [-0.2, 0) is 0 Å². The molecule has 1 amide bonds. The molecule has 4 rings (SSSR count). The Kier molecular flexibility index (Phi) is 4.07. The fourth-order valence-corrected chi connectivity index (χ4v) is 3.31. The maximum Gasteiger partial charge on any atom is 0.276 e. The lowest BCUT2D eigenvalue weighted by Crippen LogP contribution is -2.49. The zero-order chi connectivity index (χ0) is 17.2. The van der Waals surface area contributed by atoms with E-state index in [1.807, 2.05) is 35.4 Å². The summed E-state index contributed by atoms with van der Waals surface area (Å²) < 4.78 is 7.30. The molecule has 25 heavy (non-hydrogen) atoms. The summed E-state index contributed by atoms with van der Waals surface area (Å²) in [4.78, 5) is 23.7. The summed E-state index contributed by atoms with van der Waals surface area (Å²) in [7, 11) is 1.65. The number of para-hydroxylation sites is 1. The van der Waals surface area contributed by atoms with Crippen LogP contribution >= 0.6 is 0 Å². The molecular weight excluding hydrogens is 318 g/mol. The molecule has 1 aliphatic heterocycles. The summed E-state index contributed by atoms with van der Waals surface area (Å²) in [5, 5.41) is 3.36. The standard InChI is InChI=1S/C18H19N5O2/c1-25-15-5-3-2-4-13(15)14-12-19-6-11-23(14)18(24)16-17-21-8-10-22(17)9-7-20-16/h2-5,7-10,14,19H,6,11-12H2,1H3. The first-order valence-electron chi connectivity index (χ1n) is 8.22. The molecule has 1 aliphatic rings. The van der Waals surface area contributed by atoms with Gasteiger partial charge in [0, 0.05) is 50.0 Å². The number of hydrogen-bond acceptors (Lipinski definition) is 5. The Bertz CT molecular complexity index is 907. The van der Waals surface area contributed by atoms with Crippen molar-refractivity contribution in [2.45, 2.75) is 6.04 Å². The molecule has 1 aromatic carbocycles. The first kappa shape index (κ1) is 15.6. The Balaban J connectivity index is 1.74. The Labute approximate surface area is 145 Å². The minimum absolute atomic E-state index is 0.116. The third-order valence-corrected chi connectivity index (χ3v) is 4.52. The molecule has 3 aromatic rings. The van der Waals surface area contributed by atoms with Crippen LogP contribution in [0.2, 0.25) is 0 Å². The van der Waals surface area contributed by atoms with Gasteiger partial charge in [-0.05, 0) is 6.07 Å². The van der Waals surface area contributed by atoms with Gasteiger partial charge >= 0.3 is 0 Å². The van der Waals surface area contributed by atoms with Crippen molar-refractivity contribution in [3.63, 3.8) is 0 Å². The average molecular weight is 337 g/mol. The number of nitrogens with one attached hydrogen (secondary N) is 1. The van der Waals surface area contributed by atoms with E-state index in [0.29, 0.717) is 24.4 Å². The summed E-state index contributed by atoms with van der Waals surface area (Å²) in [5.41, 5.74) is 1.93. The lowest BCUT2D eigenvalue weighted by molar-refractivity contribution is 0.0627. The van der Waals surface area contributed by atoms with Crippen LogP contribution < -0.4 is 10.1 Å². The molecule has 1 atom stereocenters. The first-order chi connectivity index (χ1) is 12.3. The number of rotatable bonds is 3. The van der Waals surface area contributed by atoms with Gasteiger partial charge < -0.3 is 19.4 Å². The van der Waals surface area contributed by atoms with Gasteiger partial charge in [0.25, 0.3) is 5.91 Å². The molecular formula is C18H19N5O2. The number of carbonyl (C=O) groups excluding carboxylic acids is 1. The van der Waals surface area contributed by atoms with Gasteiger partial charge in [-0.25, -0.2) is 9.97 Å². The molecule has 1 unspecified atom stereocenters. The van der Waals surface area contributed by atoms with Gasteiger partial charge in [0.05, 0.1) is 13.2 Å². The molecule has 0 saturated carbocycles. The zero-order valence-corrected chi connectivity index (χ0v) is 13.9. The Hall–Kier alpha value is -2.93. The number of amides is 1. The molecule has 3 heterocycles. The summed E-state index contributed by atoms with van der Waals surface area (Å²) in [6.45, 7) is 2.02. The van der Waals surface area contributed by atoms with Crippen molar-refractivity contribution in [3.05, 3.63) is 60.3 Å². The van der Waals surface area contributed by atoms with Gasteiger partial charge in [0.15, 0.2) is 11.3 Å². The monoisotopic (exact) mass is 337 g/mol. The van der Waals surface area contributed by atoms with Crippen molar-refractivity contribution in [3.8, 4) is 5.75 Å². The molecule has 7 nitrogen and oxygen atoms in total. The summed E-state index contributed by atoms with van der Waals surface area (Å²) in [6.07, 6.45) is 6.89. The molecule has 2 aromatic heterocycles. The minimum atomic E-state index is -0.116. The van der Waals surface area contributed by atoms with Crippen LogP contribution in [0.15, 0.2) is 49.1 Å². The maximum absolute atomic E-state index is 13.2. The summed E-state index contributed by atoms with van der Waals surface area (Å²) >= 11 is 0. The van der Waals surface area contributed by atoms with E-state index >= 15 is 0 Å². The number of carbonyl (C=O) groups is 1. The number of benzene rings is 1. The highest BCUT2D eigenvalue weighted by Gasteiger charge is 2.32. The van der Waals surface area contributed by atoms with Crippen LogP contribution in [0.1, 0.15) is 22.1 Å². The molecule has 0 aliphatic carbocycles. The number of imidazole rings is 1. The van der Waals surface area contributed by atoms with Crippen molar-refractivity contribution in [1.82, 2.24) is 24.6 Å². The quantitative estimate of drug-likeness (QED) is 0.785. The second-order valence-electron chi connectivity index (χ2n) is 5.89. The fourth-order valence-electron chi connectivity index (χ4n) is 3.31. The number of hydrogen-bond donors (Lipinski definition) is 1. The lowest BCUT2D eigenvalue weighted by Gasteiger charge is -2.36. The zero-order valence-electron chi connectivity index (χ0n) is 13.9. The van der Waals surface area contributed by atoms with Crippen LogP contribution in [0.5, 0.6) is 5.75 Å². The second kappa shape index (κ2) is 6.52. The van der Waals surface area contributed by atoms with E-state index in [0.717, 1.165) is 17.9 Å². The number of fused-ring (bicyclic) bond motifs is 1. The smallest absolute Gasteiger partial charge is 0.276 e. The fraction of sp³-hybridized carbons (Fsp3) is 0.278. The van der Waals surface area contributed by atoms with Crippen molar-refractivity contribution < 1.29 is 9.53 Å². The second-order valence-corrected chi connectivity index (χ2v) is 5.89. The largest absolute Gasteiger partial charge is 0.496 e. The van der Waals surface area contributed by atoms with E-state index in [4.69, 9.17) is 4.74 Å². The van der Waals surface area contributed by atoms with Crippen molar-refractivity contribution in [2.24, 2.45) is 0 Å². The molecule has 0 spiro atoms. The van der Waals surface area contributed by atoms with E-state index in [9.17, 15) is 4.79 Å². The van der Waals surface area contributed by atoms with E-state index in [-0.39, 0.29) is 11.9 Å². The number of piperazine rings is 1. The Morgan fingerprint density at radius 1 is 1.24 bits per heavy atom. The van der Waals surface area contributed by atoms with Gasteiger partial charge in [-0.2, -0.15) is 0 Å². The SMILES string of the molecule is COc1ccccc1C1CNCCN1C(=O)c1nccn2ccnc12. The predicted molar refractivity (Wildman–Crippen MR) is 92.6 cm³/mol. The van der Waals surface area contributed by atoms with Crippen molar-refractivity contribution in [2.75, 3.05) is 26.7 Å². The van der Waals surface area contributed by atoms with Crippen LogP contribution in [-0.4, -0.2) is 51.9 Å². The highest BCUT2D eigenvalue weighted by molar-refractivity contribution is 5.98. The first-order valence-corrected chi connectivity index (χ1v) is 8.22. The average Bonchev–Trinajstić information content (AvgIpc) is 3.16. The molecule has 1 N–H and O–H groups in total. The maximum atomic E-state index is 13.2. The van der Waals surface area contributed by atoms with Gasteiger partial charge in [0.1, 0.15) is 5.75 Å². The number of methoxy groups -OCH3 is 1. The van der Waals surface area contributed by atoms with Crippen molar-refractivity contribution in [1.29, 1.82) is 0 Å². The topological polar surface area (TPSA) is 71.8 Å². The van der Waals surface area contributed by atoms with E-state index in [2.05, 4.69) is 15.3 Å². The number of nitrogens with zero attached hydrogens (tertiary/aromatic N) is 4. The normalized spacial score (nSPS) is 17.6. The highest BCUT2D eigenvalue weighted by atomic mass is 16.5. The van der Waals surface area contributed by atoms with E-state index < -0.39 is 0 Å². The van der Waals surface area contributed by atoms with Crippen LogP contribution in [0.25, 0.3) is 5.65 Å². The minimum Gasteiger partial charge on any atom is -0.496 e. The third-order valence-electron chi connectivity index (χ3n) is 4.52.